The second kappa shape index (κ2) is 6.93. The van der Waals surface area contributed by atoms with Crippen LogP contribution in [-0.4, -0.2) is 22.5 Å². The van der Waals surface area contributed by atoms with Crippen LogP contribution in [0.3, 0.4) is 0 Å². The van der Waals surface area contributed by atoms with E-state index in [4.69, 9.17) is 16.3 Å². The number of aromatic amines is 1. The third-order valence-corrected chi connectivity index (χ3v) is 4.12. The summed E-state index contributed by atoms with van der Waals surface area (Å²) in [4.78, 5) is 19.7. The van der Waals surface area contributed by atoms with Crippen LogP contribution < -0.4 is 10.1 Å². The fourth-order valence-corrected chi connectivity index (χ4v) is 2.50. The number of amides is 1. The first-order valence-corrected chi connectivity index (χ1v) is 8.03. The minimum Gasteiger partial charge on any atom is -0.484 e. The molecular formula is C18H18ClN3O2. The minimum atomic E-state index is -0.236. The van der Waals surface area contributed by atoms with Crippen LogP contribution in [0, 0.1) is 6.92 Å². The molecule has 24 heavy (non-hydrogen) atoms. The Kier molecular flexibility index (Phi) is 4.71. The number of imidazole rings is 1. The standard InChI is InChI=1S/C18H18ClN3O2/c1-11-9-13(7-8-14(11)19)24-10-17(23)20-12(2)18-21-15-5-3-4-6-16(15)22-18/h3-9,12H,10H2,1-2H3,(H,20,23)(H,21,22)/t12-/m0/s1. The number of nitrogens with zero attached hydrogens (tertiary/aromatic N) is 1. The molecule has 0 radical (unpaired) electrons. The number of nitrogens with one attached hydrogen (secondary N) is 2. The van der Waals surface area contributed by atoms with Gasteiger partial charge in [0.05, 0.1) is 17.1 Å². The molecule has 0 spiro atoms. The molecule has 3 aromatic rings. The van der Waals surface area contributed by atoms with Crippen LogP contribution in [0.2, 0.25) is 5.02 Å². The van der Waals surface area contributed by atoms with Crippen molar-refractivity contribution in [3.05, 3.63) is 58.9 Å². The zero-order valence-electron chi connectivity index (χ0n) is 13.5. The molecule has 0 saturated carbocycles. The lowest BCUT2D eigenvalue weighted by Crippen LogP contribution is -2.31. The summed E-state index contributed by atoms with van der Waals surface area (Å²) in [7, 11) is 0. The number of aryl methyl sites for hydroxylation is 1. The lowest BCUT2D eigenvalue weighted by atomic mass is 10.2. The van der Waals surface area contributed by atoms with Crippen LogP contribution >= 0.6 is 11.6 Å². The maximum absolute atomic E-state index is 12.1. The fraction of sp³-hybridized carbons (Fsp3) is 0.222. The molecule has 1 atom stereocenters. The molecule has 0 unspecified atom stereocenters. The predicted molar refractivity (Wildman–Crippen MR) is 94.3 cm³/mol. The maximum Gasteiger partial charge on any atom is 0.258 e. The zero-order chi connectivity index (χ0) is 17.1. The highest BCUT2D eigenvalue weighted by atomic mass is 35.5. The number of rotatable bonds is 5. The maximum atomic E-state index is 12.1. The van der Waals surface area contributed by atoms with Crippen molar-refractivity contribution >= 4 is 28.5 Å². The Morgan fingerprint density at radius 1 is 1.33 bits per heavy atom. The molecule has 1 heterocycles. The summed E-state index contributed by atoms with van der Waals surface area (Å²) in [6, 6.07) is 12.8. The highest BCUT2D eigenvalue weighted by Crippen LogP contribution is 2.21. The molecule has 6 heteroatoms. The third-order valence-electron chi connectivity index (χ3n) is 3.69. The second-order valence-corrected chi connectivity index (χ2v) is 6.04. The number of carbonyl (C=O) groups excluding carboxylic acids is 1. The summed E-state index contributed by atoms with van der Waals surface area (Å²) in [5, 5.41) is 3.54. The summed E-state index contributed by atoms with van der Waals surface area (Å²) in [5.74, 6) is 1.12. The van der Waals surface area contributed by atoms with Crippen LogP contribution in [0.1, 0.15) is 24.4 Å². The molecule has 2 N–H and O–H groups in total. The molecule has 124 valence electrons. The highest BCUT2D eigenvalue weighted by Gasteiger charge is 2.14. The monoisotopic (exact) mass is 343 g/mol. The van der Waals surface area contributed by atoms with E-state index in [1.807, 2.05) is 38.1 Å². The number of aromatic nitrogens is 2. The number of hydrogen-bond donors (Lipinski definition) is 2. The normalized spacial score (nSPS) is 12.1. The van der Waals surface area contributed by atoms with Gasteiger partial charge in [0.15, 0.2) is 6.61 Å². The topological polar surface area (TPSA) is 67.0 Å². The van der Waals surface area contributed by atoms with E-state index in [2.05, 4.69) is 15.3 Å². The van der Waals surface area contributed by atoms with Gasteiger partial charge in [-0.05, 0) is 49.7 Å². The van der Waals surface area contributed by atoms with Crippen molar-refractivity contribution in [2.45, 2.75) is 19.9 Å². The fourth-order valence-electron chi connectivity index (χ4n) is 2.38. The first kappa shape index (κ1) is 16.3. The number of carbonyl (C=O) groups is 1. The molecule has 0 aliphatic heterocycles. The lowest BCUT2D eigenvalue weighted by molar-refractivity contribution is -0.123. The van der Waals surface area contributed by atoms with Gasteiger partial charge in [-0.25, -0.2) is 4.98 Å². The number of benzene rings is 2. The smallest absolute Gasteiger partial charge is 0.258 e. The Morgan fingerprint density at radius 3 is 2.88 bits per heavy atom. The number of H-pyrrole nitrogens is 1. The molecule has 3 rings (SSSR count). The van der Waals surface area contributed by atoms with E-state index < -0.39 is 0 Å². The van der Waals surface area contributed by atoms with Crippen molar-refractivity contribution < 1.29 is 9.53 Å². The molecule has 1 aromatic heterocycles. The molecule has 0 aliphatic carbocycles. The third kappa shape index (κ3) is 3.68. The van der Waals surface area contributed by atoms with E-state index in [1.165, 1.54) is 0 Å². The average molecular weight is 344 g/mol. The van der Waals surface area contributed by atoms with Gasteiger partial charge in [0, 0.05) is 5.02 Å². The van der Waals surface area contributed by atoms with E-state index in [9.17, 15) is 4.79 Å². The molecule has 0 aliphatic rings. The van der Waals surface area contributed by atoms with Gasteiger partial charge in [-0.2, -0.15) is 0 Å². The predicted octanol–water partition coefficient (Wildman–Crippen LogP) is 3.78. The van der Waals surface area contributed by atoms with Gasteiger partial charge in [0.1, 0.15) is 11.6 Å². The Hall–Kier alpha value is -2.53. The minimum absolute atomic E-state index is 0.0638. The van der Waals surface area contributed by atoms with Crippen LogP contribution in [0.25, 0.3) is 11.0 Å². The lowest BCUT2D eigenvalue weighted by Gasteiger charge is -2.12. The van der Waals surface area contributed by atoms with Gasteiger partial charge in [0.25, 0.3) is 5.91 Å². The van der Waals surface area contributed by atoms with Gasteiger partial charge < -0.3 is 15.0 Å². The van der Waals surface area contributed by atoms with Crippen LogP contribution in [0.4, 0.5) is 0 Å². The van der Waals surface area contributed by atoms with Crippen LogP contribution in [-0.2, 0) is 4.79 Å². The van der Waals surface area contributed by atoms with Crippen molar-refractivity contribution in [2.24, 2.45) is 0 Å². The van der Waals surface area contributed by atoms with Crippen molar-refractivity contribution in [3.8, 4) is 5.75 Å². The van der Waals surface area contributed by atoms with Crippen molar-refractivity contribution in [1.29, 1.82) is 0 Å². The molecular weight excluding hydrogens is 326 g/mol. The van der Waals surface area contributed by atoms with Gasteiger partial charge in [-0.3, -0.25) is 4.79 Å². The summed E-state index contributed by atoms with van der Waals surface area (Å²) in [5.41, 5.74) is 2.73. The first-order chi connectivity index (χ1) is 11.5. The summed E-state index contributed by atoms with van der Waals surface area (Å²) in [6.45, 7) is 3.70. The van der Waals surface area contributed by atoms with Crippen LogP contribution in [0.15, 0.2) is 42.5 Å². The quantitative estimate of drug-likeness (QED) is 0.740. The number of ether oxygens (including phenoxy) is 1. The number of para-hydroxylation sites is 2. The van der Waals surface area contributed by atoms with Crippen LogP contribution in [0.5, 0.6) is 5.75 Å². The van der Waals surface area contributed by atoms with Gasteiger partial charge in [-0.15, -0.1) is 0 Å². The second-order valence-electron chi connectivity index (χ2n) is 5.63. The van der Waals surface area contributed by atoms with Crippen molar-refractivity contribution in [1.82, 2.24) is 15.3 Å². The Labute approximate surface area is 145 Å². The van der Waals surface area contributed by atoms with Crippen molar-refractivity contribution in [3.63, 3.8) is 0 Å². The molecule has 1 amide bonds. The highest BCUT2D eigenvalue weighted by molar-refractivity contribution is 6.31. The van der Waals surface area contributed by atoms with Gasteiger partial charge in [0.2, 0.25) is 0 Å². The molecule has 2 aromatic carbocycles. The average Bonchev–Trinajstić information content (AvgIpc) is 3.00. The van der Waals surface area contributed by atoms with Gasteiger partial charge in [-0.1, -0.05) is 23.7 Å². The van der Waals surface area contributed by atoms with E-state index in [1.54, 1.807) is 18.2 Å². The Morgan fingerprint density at radius 2 is 2.12 bits per heavy atom. The summed E-state index contributed by atoms with van der Waals surface area (Å²) < 4.78 is 5.50. The van der Waals surface area contributed by atoms with E-state index >= 15 is 0 Å². The van der Waals surface area contributed by atoms with Gasteiger partial charge >= 0.3 is 0 Å². The molecule has 0 fully saturated rings. The Balaban J connectivity index is 1.58. The largest absolute Gasteiger partial charge is 0.484 e. The Bertz CT molecular complexity index is 843. The SMILES string of the molecule is Cc1cc(OCC(=O)N[C@@H](C)c2nc3ccccc3[nH]2)ccc1Cl. The van der Waals surface area contributed by atoms with E-state index in [0.29, 0.717) is 16.6 Å². The molecule has 5 nitrogen and oxygen atoms in total. The molecule has 0 saturated heterocycles. The zero-order valence-corrected chi connectivity index (χ0v) is 14.2. The summed E-state index contributed by atoms with van der Waals surface area (Å²) in [6.07, 6.45) is 0. The van der Waals surface area contributed by atoms with E-state index in [0.717, 1.165) is 16.6 Å². The van der Waals surface area contributed by atoms with E-state index in [-0.39, 0.29) is 18.6 Å². The number of hydrogen-bond acceptors (Lipinski definition) is 3. The molecule has 0 bridgehead atoms. The summed E-state index contributed by atoms with van der Waals surface area (Å²) >= 11 is 5.97. The number of halogens is 1. The van der Waals surface area contributed by atoms with Crippen molar-refractivity contribution in [2.75, 3.05) is 6.61 Å². The number of fused-ring (bicyclic) bond motifs is 1. The first-order valence-electron chi connectivity index (χ1n) is 7.66.